The number of alkyl halides is 3. The molecular weight excluding hydrogens is 326 g/mol. The zero-order valence-electron chi connectivity index (χ0n) is 11.9. The van der Waals surface area contributed by atoms with Gasteiger partial charge in [0, 0.05) is 10.9 Å². The van der Waals surface area contributed by atoms with Crippen molar-refractivity contribution in [3.8, 4) is 11.3 Å². The van der Waals surface area contributed by atoms with Gasteiger partial charge in [0.25, 0.3) is 0 Å². The van der Waals surface area contributed by atoms with Gasteiger partial charge >= 0.3 is 12.1 Å². The van der Waals surface area contributed by atoms with Crippen molar-refractivity contribution in [3.63, 3.8) is 0 Å². The first-order valence-corrected chi connectivity index (χ1v) is 6.78. The van der Waals surface area contributed by atoms with Gasteiger partial charge in [0.1, 0.15) is 5.82 Å². The van der Waals surface area contributed by atoms with Crippen molar-refractivity contribution in [3.05, 3.63) is 65.5 Å². The van der Waals surface area contributed by atoms with E-state index in [1.54, 1.807) is 0 Å². The molecule has 0 aliphatic carbocycles. The quantitative estimate of drug-likeness (QED) is 0.687. The summed E-state index contributed by atoms with van der Waals surface area (Å²) in [6.45, 7) is 0. The minimum Gasteiger partial charge on any atom is -0.478 e. The number of carboxylic acid groups (broad SMARTS) is 1. The van der Waals surface area contributed by atoms with Crippen LogP contribution in [0.25, 0.3) is 22.2 Å². The van der Waals surface area contributed by atoms with E-state index in [-0.39, 0.29) is 22.2 Å². The molecule has 0 fully saturated rings. The lowest BCUT2D eigenvalue weighted by molar-refractivity contribution is -0.136. The SMILES string of the molecule is O=C(O)c1cc(-c2ccccc2F)nc2c(C(F)(F)F)cccc12. The fraction of sp³-hybridized carbons (Fsp3) is 0.0588. The number of rotatable bonds is 2. The Bertz CT molecular complexity index is 951. The van der Waals surface area contributed by atoms with Crippen LogP contribution in [0.3, 0.4) is 0 Å². The minimum absolute atomic E-state index is 0.0705. The van der Waals surface area contributed by atoms with Gasteiger partial charge in [-0.15, -0.1) is 0 Å². The highest BCUT2D eigenvalue weighted by Gasteiger charge is 2.34. The second-order valence-corrected chi connectivity index (χ2v) is 5.04. The fourth-order valence-electron chi connectivity index (χ4n) is 2.46. The number of carboxylic acids is 1. The molecule has 2 aromatic carbocycles. The van der Waals surface area contributed by atoms with Crippen LogP contribution in [0.15, 0.2) is 48.5 Å². The number of aromatic carboxylic acids is 1. The fourth-order valence-corrected chi connectivity index (χ4v) is 2.46. The van der Waals surface area contributed by atoms with Gasteiger partial charge in [-0.2, -0.15) is 13.2 Å². The molecule has 0 saturated heterocycles. The van der Waals surface area contributed by atoms with Crippen molar-refractivity contribution in [1.82, 2.24) is 4.98 Å². The van der Waals surface area contributed by atoms with Crippen LogP contribution >= 0.6 is 0 Å². The first kappa shape index (κ1) is 15.9. The molecule has 1 aromatic heterocycles. The summed E-state index contributed by atoms with van der Waals surface area (Å²) in [5, 5.41) is 9.16. The number of fused-ring (bicyclic) bond motifs is 1. The molecule has 24 heavy (non-hydrogen) atoms. The second kappa shape index (κ2) is 5.59. The summed E-state index contributed by atoms with van der Waals surface area (Å²) in [5.41, 5.74) is -2.21. The summed E-state index contributed by atoms with van der Waals surface area (Å²) >= 11 is 0. The van der Waals surface area contributed by atoms with Gasteiger partial charge in [0.15, 0.2) is 0 Å². The molecule has 0 aliphatic rings. The average Bonchev–Trinajstić information content (AvgIpc) is 2.52. The summed E-state index contributed by atoms with van der Waals surface area (Å²) < 4.78 is 53.5. The lowest BCUT2D eigenvalue weighted by Crippen LogP contribution is -2.09. The van der Waals surface area contributed by atoms with Gasteiger partial charge in [-0.1, -0.05) is 24.3 Å². The summed E-state index contributed by atoms with van der Waals surface area (Å²) in [5.74, 6) is -2.12. The van der Waals surface area contributed by atoms with Gasteiger partial charge < -0.3 is 5.11 Å². The number of hydrogen-bond donors (Lipinski definition) is 1. The molecule has 7 heteroatoms. The normalized spacial score (nSPS) is 11.7. The van der Waals surface area contributed by atoms with Crippen LogP contribution in [0.5, 0.6) is 0 Å². The predicted octanol–water partition coefficient (Wildman–Crippen LogP) is 4.76. The predicted molar refractivity (Wildman–Crippen MR) is 79.1 cm³/mol. The molecular formula is C17H9F4NO2. The standard InChI is InChI=1S/C17H9F4NO2/c18-13-7-2-1-4-10(13)14-8-11(16(23)24)9-5-3-6-12(15(9)22-14)17(19,20)21/h1-8H,(H,23,24). The Hall–Kier alpha value is -2.96. The Kier molecular flexibility index (Phi) is 3.71. The molecule has 0 unspecified atom stereocenters. The number of nitrogens with zero attached hydrogens (tertiary/aromatic N) is 1. The number of pyridine rings is 1. The summed E-state index contributed by atoms with van der Waals surface area (Å²) in [6, 6.07) is 9.59. The summed E-state index contributed by atoms with van der Waals surface area (Å²) in [7, 11) is 0. The number of aromatic nitrogens is 1. The van der Waals surface area contributed by atoms with E-state index in [0.717, 1.165) is 24.3 Å². The van der Waals surface area contributed by atoms with Crippen LogP contribution < -0.4 is 0 Å². The first-order valence-electron chi connectivity index (χ1n) is 6.78. The molecule has 0 spiro atoms. The van der Waals surface area contributed by atoms with E-state index in [1.165, 1.54) is 24.3 Å². The third-order valence-corrected chi connectivity index (χ3v) is 3.53. The Balaban J connectivity index is 2.42. The van der Waals surface area contributed by atoms with E-state index in [2.05, 4.69) is 4.98 Å². The number of para-hydroxylation sites is 1. The molecule has 3 rings (SSSR count). The molecule has 1 heterocycles. The number of halogens is 4. The van der Waals surface area contributed by atoms with E-state index < -0.39 is 29.0 Å². The maximum Gasteiger partial charge on any atom is 0.418 e. The zero-order valence-corrected chi connectivity index (χ0v) is 11.9. The number of benzene rings is 2. The maximum absolute atomic E-state index is 13.9. The highest BCUT2D eigenvalue weighted by molar-refractivity contribution is 6.04. The van der Waals surface area contributed by atoms with Crippen LogP contribution in [0.2, 0.25) is 0 Å². The monoisotopic (exact) mass is 335 g/mol. The topological polar surface area (TPSA) is 50.2 Å². The largest absolute Gasteiger partial charge is 0.478 e. The Morgan fingerprint density at radius 1 is 1.04 bits per heavy atom. The van der Waals surface area contributed by atoms with Gasteiger partial charge in [-0.05, 0) is 24.3 Å². The molecule has 122 valence electrons. The van der Waals surface area contributed by atoms with Crippen molar-refractivity contribution in [2.24, 2.45) is 0 Å². The van der Waals surface area contributed by atoms with Crippen molar-refractivity contribution in [2.75, 3.05) is 0 Å². The van der Waals surface area contributed by atoms with Gasteiger partial charge in [0.2, 0.25) is 0 Å². The minimum atomic E-state index is -4.71. The van der Waals surface area contributed by atoms with Crippen LogP contribution in [0.4, 0.5) is 17.6 Å². The van der Waals surface area contributed by atoms with Crippen LogP contribution in [0, 0.1) is 5.82 Å². The molecule has 3 nitrogen and oxygen atoms in total. The third kappa shape index (κ3) is 2.68. The van der Waals surface area contributed by atoms with Crippen LogP contribution in [-0.2, 0) is 6.18 Å². The molecule has 0 amide bonds. The van der Waals surface area contributed by atoms with E-state index in [1.807, 2.05) is 0 Å². The van der Waals surface area contributed by atoms with E-state index >= 15 is 0 Å². The molecule has 0 atom stereocenters. The van der Waals surface area contributed by atoms with Crippen molar-refractivity contribution in [1.29, 1.82) is 0 Å². The highest BCUT2D eigenvalue weighted by Crippen LogP contribution is 2.36. The van der Waals surface area contributed by atoms with Gasteiger partial charge in [0.05, 0.1) is 22.3 Å². The molecule has 3 aromatic rings. The third-order valence-electron chi connectivity index (χ3n) is 3.53. The van der Waals surface area contributed by atoms with Crippen LogP contribution in [0.1, 0.15) is 15.9 Å². The number of hydrogen-bond acceptors (Lipinski definition) is 2. The molecule has 0 saturated carbocycles. The zero-order chi connectivity index (χ0) is 17.5. The molecule has 0 bridgehead atoms. The van der Waals surface area contributed by atoms with E-state index in [9.17, 15) is 27.5 Å². The lowest BCUT2D eigenvalue weighted by Gasteiger charge is -2.13. The van der Waals surface area contributed by atoms with E-state index in [4.69, 9.17) is 0 Å². The second-order valence-electron chi connectivity index (χ2n) is 5.04. The Morgan fingerprint density at radius 3 is 2.38 bits per heavy atom. The maximum atomic E-state index is 13.9. The molecule has 0 aliphatic heterocycles. The van der Waals surface area contributed by atoms with Gasteiger partial charge in [-0.25, -0.2) is 14.2 Å². The van der Waals surface area contributed by atoms with Crippen molar-refractivity contribution >= 4 is 16.9 Å². The molecule has 0 radical (unpaired) electrons. The molecule has 1 N–H and O–H groups in total. The first-order chi connectivity index (χ1) is 11.3. The lowest BCUT2D eigenvalue weighted by atomic mass is 10.0. The smallest absolute Gasteiger partial charge is 0.418 e. The van der Waals surface area contributed by atoms with Crippen molar-refractivity contribution in [2.45, 2.75) is 6.18 Å². The average molecular weight is 335 g/mol. The van der Waals surface area contributed by atoms with Gasteiger partial charge in [-0.3, -0.25) is 0 Å². The summed E-state index contributed by atoms with van der Waals surface area (Å²) in [4.78, 5) is 15.3. The van der Waals surface area contributed by atoms with E-state index in [0.29, 0.717) is 0 Å². The van der Waals surface area contributed by atoms with Crippen LogP contribution in [-0.4, -0.2) is 16.1 Å². The van der Waals surface area contributed by atoms with Crippen molar-refractivity contribution < 1.29 is 27.5 Å². The summed E-state index contributed by atoms with van der Waals surface area (Å²) in [6.07, 6.45) is -4.71. The number of carbonyl (C=O) groups is 1. The highest BCUT2D eigenvalue weighted by atomic mass is 19.4. The Morgan fingerprint density at radius 2 is 1.75 bits per heavy atom. The Labute approximate surface area is 133 Å².